The predicted octanol–water partition coefficient (Wildman–Crippen LogP) is 9.03. The van der Waals surface area contributed by atoms with Crippen LogP contribution in [0.5, 0.6) is 0 Å². The molecule has 0 saturated carbocycles. The molecule has 0 N–H and O–H groups in total. The predicted molar refractivity (Wildman–Crippen MR) is 148 cm³/mol. The molecule has 4 aromatic rings. The highest BCUT2D eigenvalue weighted by molar-refractivity contribution is 6.41. The molecule has 0 aliphatic heterocycles. The van der Waals surface area contributed by atoms with Crippen molar-refractivity contribution in [3.05, 3.63) is 108 Å². The lowest BCUT2D eigenvalue weighted by atomic mass is 10.0. The Balaban J connectivity index is 1.62. The SMILES string of the molecule is CCc1cc(-c2ccccc2)ccc1N=C(C)C(C)=Nc1ccc(-c2ccccc2)cc1CC. The van der Waals surface area contributed by atoms with Gasteiger partial charge in [0.25, 0.3) is 0 Å². The van der Waals surface area contributed by atoms with Crippen LogP contribution in [0, 0.1) is 0 Å². The average Bonchev–Trinajstić information content (AvgIpc) is 2.90. The van der Waals surface area contributed by atoms with Crippen LogP contribution in [-0.2, 0) is 12.8 Å². The van der Waals surface area contributed by atoms with Gasteiger partial charge in [-0.3, -0.25) is 9.98 Å². The molecule has 4 aromatic carbocycles. The van der Waals surface area contributed by atoms with E-state index < -0.39 is 0 Å². The van der Waals surface area contributed by atoms with E-state index in [1.807, 2.05) is 26.0 Å². The maximum absolute atomic E-state index is 4.97. The van der Waals surface area contributed by atoms with Gasteiger partial charge in [0, 0.05) is 0 Å². The lowest BCUT2D eigenvalue weighted by molar-refractivity contribution is 1.13. The molecule has 0 heterocycles. The first kappa shape index (κ1) is 23.4. The van der Waals surface area contributed by atoms with Gasteiger partial charge in [-0.15, -0.1) is 0 Å². The van der Waals surface area contributed by atoms with Crippen LogP contribution in [0.2, 0.25) is 0 Å². The molecule has 0 aliphatic carbocycles. The highest BCUT2D eigenvalue weighted by Gasteiger charge is 2.08. The molecule has 0 spiro atoms. The lowest BCUT2D eigenvalue weighted by Crippen LogP contribution is -2.05. The molecule has 170 valence electrons. The Kier molecular flexibility index (Phi) is 7.49. The summed E-state index contributed by atoms with van der Waals surface area (Å²) in [6.07, 6.45) is 1.87. The molecule has 0 aromatic heterocycles. The molecule has 0 aliphatic rings. The fourth-order valence-electron chi connectivity index (χ4n) is 4.10. The van der Waals surface area contributed by atoms with Gasteiger partial charge in [-0.1, -0.05) is 86.6 Å². The summed E-state index contributed by atoms with van der Waals surface area (Å²) in [6.45, 7) is 8.46. The first-order valence-electron chi connectivity index (χ1n) is 12.1. The van der Waals surface area contributed by atoms with Crippen LogP contribution in [-0.4, -0.2) is 11.4 Å². The highest BCUT2D eigenvalue weighted by Crippen LogP contribution is 2.29. The summed E-state index contributed by atoms with van der Waals surface area (Å²) in [5.41, 5.74) is 11.3. The standard InChI is InChI=1S/C32H32N2/c1-5-25-21-29(27-13-9-7-10-14-27)17-19-31(25)33-23(3)24(4)34-32-20-18-30(22-26(32)6-2)28-15-11-8-12-16-28/h7-22H,5-6H2,1-4H3. The summed E-state index contributed by atoms with van der Waals surface area (Å²) in [5, 5.41) is 0. The van der Waals surface area contributed by atoms with Gasteiger partial charge in [-0.25, -0.2) is 0 Å². The second-order valence-corrected chi connectivity index (χ2v) is 8.52. The summed E-state index contributed by atoms with van der Waals surface area (Å²) in [7, 11) is 0. The van der Waals surface area contributed by atoms with E-state index in [0.717, 1.165) is 35.6 Å². The number of rotatable bonds is 7. The van der Waals surface area contributed by atoms with E-state index in [1.165, 1.54) is 33.4 Å². The topological polar surface area (TPSA) is 24.7 Å². The molecule has 0 saturated heterocycles. The maximum atomic E-state index is 4.97. The summed E-state index contributed by atoms with van der Waals surface area (Å²) >= 11 is 0. The number of aryl methyl sites for hydroxylation is 2. The minimum atomic E-state index is 0.934. The fraction of sp³-hybridized carbons (Fsp3) is 0.188. The molecule has 34 heavy (non-hydrogen) atoms. The second kappa shape index (κ2) is 10.9. The van der Waals surface area contributed by atoms with E-state index in [0.29, 0.717) is 0 Å². The van der Waals surface area contributed by atoms with Gasteiger partial charge in [-0.05, 0) is 84.3 Å². The van der Waals surface area contributed by atoms with E-state index in [2.05, 4.69) is 98.8 Å². The molecule has 0 unspecified atom stereocenters. The van der Waals surface area contributed by atoms with Crippen LogP contribution < -0.4 is 0 Å². The summed E-state index contributed by atoms with van der Waals surface area (Å²) < 4.78 is 0. The zero-order chi connectivity index (χ0) is 23.9. The molecule has 0 amide bonds. The van der Waals surface area contributed by atoms with Gasteiger partial charge in [0.15, 0.2) is 0 Å². The van der Waals surface area contributed by atoms with Crippen LogP contribution in [0.4, 0.5) is 11.4 Å². The zero-order valence-electron chi connectivity index (χ0n) is 20.5. The minimum Gasteiger partial charge on any atom is -0.252 e. The molecule has 2 nitrogen and oxygen atoms in total. The Morgan fingerprint density at radius 1 is 0.500 bits per heavy atom. The van der Waals surface area contributed by atoms with Crippen LogP contribution in [0.15, 0.2) is 107 Å². The van der Waals surface area contributed by atoms with Gasteiger partial charge in [0.05, 0.1) is 22.8 Å². The van der Waals surface area contributed by atoms with Crippen LogP contribution in [0.25, 0.3) is 22.3 Å². The Hall–Kier alpha value is -3.78. The van der Waals surface area contributed by atoms with Crippen molar-refractivity contribution in [2.75, 3.05) is 0 Å². The normalized spacial score (nSPS) is 12.1. The number of nitrogens with zero attached hydrogens (tertiary/aromatic N) is 2. The van der Waals surface area contributed by atoms with Crippen molar-refractivity contribution in [2.45, 2.75) is 40.5 Å². The fourth-order valence-corrected chi connectivity index (χ4v) is 4.10. The Bertz CT molecular complexity index is 1210. The Morgan fingerprint density at radius 3 is 1.24 bits per heavy atom. The van der Waals surface area contributed by atoms with Crippen molar-refractivity contribution < 1.29 is 0 Å². The summed E-state index contributed by atoms with van der Waals surface area (Å²) in [6, 6.07) is 34.1. The van der Waals surface area contributed by atoms with E-state index in [-0.39, 0.29) is 0 Å². The van der Waals surface area contributed by atoms with Crippen molar-refractivity contribution in [3.8, 4) is 22.3 Å². The Labute approximate surface area is 203 Å². The number of benzene rings is 4. The number of aliphatic imine (C=N–C) groups is 2. The van der Waals surface area contributed by atoms with Crippen LogP contribution >= 0.6 is 0 Å². The molecule has 0 radical (unpaired) electrons. The first-order chi connectivity index (χ1) is 16.6. The first-order valence-corrected chi connectivity index (χ1v) is 12.1. The third-order valence-corrected chi connectivity index (χ3v) is 6.23. The third kappa shape index (κ3) is 5.40. The lowest BCUT2D eigenvalue weighted by Gasteiger charge is -2.10. The van der Waals surface area contributed by atoms with Crippen LogP contribution in [0.3, 0.4) is 0 Å². The van der Waals surface area contributed by atoms with Crippen molar-refractivity contribution in [1.29, 1.82) is 0 Å². The average molecular weight is 445 g/mol. The van der Waals surface area contributed by atoms with Crippen molar-refractivity contribution in [2.24, 2.45) is 9.98 Å². The molecule has 0 bridgehead atoms. The minimum absolute atomic E-state index is 0.934. The largest absolute Gasteiger partial charge is 0.252 e. The number of hydrogen-bond acceptors (Lipinski definition) is 2. The van der Waals surface area contributed by atoms with E-state index in [4.69, 9.17) is 9.98 Å². The number of hydrogen-bond donors (Lipinski definition) is 0. The van der Waals surface area contributed by atoms with Gasteiger partial charge in [0.1, 0.15) is 0 Å². The zero-order valence-corrected chi connectivity index (χ0v) is 20.5. The molecule has 0 fully saturated rings. The second-order valence-electron chi connectivity index (χ2n) is 8.52. The molecule has 0 atom stereocenters. The quantitative estimate of drug-likeness (QED) is 0.254. The molecular weight excluding hydrogens is 412 g/mol. The molecule has 2 heteroatoms. The maximum Gasteiger partial charge on any atom is 0.0665 e. The van der Waals surface area contributed by atoms with Crippen molar-refractivity contribution in [1.82, 2.24) is 0 Å². The molecule has 4 rings (SSSR count). The Morgan fingerprint density at radius 2 is 0.882 bits per heavy atom. The summed E-state index contributed by atoms with van der Waals surface area (Å²) in [4.78, 5) is 9.93. The molecular formula is C32H32N2. The van der Waals surface area contributed by atoms with Crippen molar-refractivity contribution in [3.63, 3.8) is 0 Å². The van der Waals surface area contributed by atoms with E-state index in [1.54, 1.807) is 0 Å². The van der Waals surface area contributed by atoms with Gasteiger partial charge in [-0.2, -0.15) is 0 Å². The summed E-state index contributed by atoms with van der Waals surface area (Å²) in [5.74, 6) is 0. The van der Waals surface area contributed by atoms with Gasteiger partial charge >= 0.3 is 0 Å². The third-order valence-electron chi connectivity index (χ3n) is 6.23. The van der Waals surface area contributed by atoms with Crippen LogP contribution in [0.1, 0.15) is 38.8 Å². The smallest absolute Gasteiger partial charge is 0.0665 e. The van der Waals surface area contributed by atoms with Gasteiger partial charge < -0.3 is 0 Å². The highest BCUT2D eigenvalue weighted by atomic mass is 14.8. The monoisotopic (exact) mass is 444 g/mol. The van der Waals surface area contributed by atoms with Gasteiger partial charge in [0.2, 0.25) is 0 Å². The van der Waals surface area contributed by atoms with E-state index >= 15 is 0 Å². The van der Waals surface area contributed by atoms with E-state index in [9.17, 15) is 0 Å². The van der Waals surface area contributed by atoms with Crippen molar-refractivity contribution >= 4 is 22.8 Å².